The van der Waals surface area contributed by atoms with Crippen LogP contribution in [0.4, 0.5) is 0 Å². The minimum absolute atomic E-state index is 0.0444. The largest absolute Gasteiger partial charge is 0.281 e. The van der Waals surface area contributed by atoms with Gasteiger partial charge in [0.1, 0.15) is 5.15 Å². The van der Waals surface area contributed by atoms with E-state index in [1.165, 1.54) is 0 Å². The van der Waals surface area contributed by atoms with E-state index in [-0.39, 0.29) is 10.8 Å². The zero-order valence-corrected chi connectivity index (χ0v) is 9.75. The summed E-state index contributed by atoms with van der Waals surface area (Å²) in [6.07, 6.45) is 4.64. The first-order valence-electron chi connectivity index (χ1n) is 5.58. The maximum atomic E-state index is 9.04. The van der Waals surface area contributed by atoms with Gasteiger partial charge in [0.15, 0.2) is 0 Å². The summed E-state index contributed by atoms with van der Waals surface area (Å²) in [5.41, 5.74) is 2.10. The van der Waals surface area contributed by atoms with Crippen molar-refractivity contribution in [1.29, 1.82) is 5.26 Å². The van der Waals surface area contributed by atoms with Crippen LogP contribution in [0.3, 0.4) is 0 Å². The van der Waals surface area contributed by atoms with Crippen molar-refractivity contribution in [3.05, 3.63) is 23.1 Å². The molecule has 2 bridgehead atoms. The van der Waals surface area contributed by atoms with E-state index in [4.69, 9.17) is 16.9 Å². The van der Waals surface area contributed by atoms with Crippen LogP contribution in [0.2, 0.25) is 5.15 Å². The fraction of sp³-hybridized carbons (Fsp3) is 0.417. The summed E-state index contributed by atoms with van der Waals surface area (Å²) < 4.78 is 0. The molecular weight excluding hydrogens is 236 g/mol. The molecule has 0 aromatic carbocycles. The van der Waals surface area contributed by atoms with Crippen molar-refractivity contribution >= 4 is 22.5 Å². The molecule has 3 aliphatic rings. The molecule has 5 rings (SSSR count). The number of H-pyrrole nitrogens is 1. The van der Waals surface area contributed by atoms with Gasteiger partial charge in [-0.25, -0.2) is 4.98 Å². The second-order valence-electron chi connectivity index (χ2n) is 5.33. The number of rotatable bonds is 1. The van der Waals surface area contributed by atoms with Gasteiger partial charge in [-0.3, -0.25) is 5.10 Å². The zero-order chi connectivity index (χ0) is 11.7. The molecule has 0 unspecified atom stereocenters. The third-order valence-electron chi connectivity index (χ3n) is 4.20. The first kappa shape index (κ1) is 9.43. The molecule has 4 nitrogen and oxygen atoms in total. The van der Waals surface area contributed by atoms with Crippen molar-refractivity contribution in [2.75, 3.05) is 0 Å². The molecule has 3 fully saturated rings. The average molecular weight is 245 g/mol. The highest BCUT2D eigenvalue weighted by Crippen LogP contribution is 2.73. The summed E-state index contributed by atoms with van der Waals surface area (Å²) in [6, 6.07) is 4.18. The van der Waals surface area contributed by atoms with Crippen LogP contribution in [0.5, 0.6) is 0 Å². The van der Waals surface area contributed by atoms with Crippen LogP contribution in [-0.4, -0.2) is 15.2 Å². The molecule has 0 atom stereocenters. The lowest BCUT2D eigenvalue weighted by molar-refractivity contribution is -0.0947. The number of nitrogens with one attached hydrogen (secondary N) is 1. The van der Waals surface area contributed by atoms with E-state index < -0.39 is 0 Å². The minimum atomic E-state index is -0.0444. The van der Waals surface area contributed by atoms with E-state index in [0.717, 1.165) is 35.9 Å². The van der Waals surface area contributed by atoms with Gasteiger partial charge in [0.05, 0.1) is 22.7 Å². The van der Waals surface area contributed by atoms with Crippen molar-refractivity contribution in [2.24, 2.45) is 5.41 Å². The van der Waals surface area contributed by atoms with E-state index in [1.807, 2.05) is 0 Å². The van der Waals surface area contributed by atoms with Gasteiger partial charge in [-0.05, 0) is 19.3 Å². The first-order valence-corrected chi connectivity index (χ1v) is 5.96. The summed E-state index contributed by atoms with van der Waals surface area (Å²) in [4.78, 5) is 4.11. The van der Waals surface area contributed by atoms with E-state index in [9.17, 15) is 0 Å². The highest BCUT2D eigenvalue weighted by Gasteiger charge is 2.70. The van der Waals surface area contributed by atoms with Crippen molar-refractivity contribution in [1.82, 2.24) is 15.2 Å². The van der Waals surface area contributed by atoms with Gasteiger partial charge in [0, 0.05) is 23.1 Å². The first-order chi connectivity index (χ1) is 8.16. The fourth-order valence-electron chi connectivity index (χ4n) is 3.46. The third-order valence-corrected chi connectivity index (χ3v) is 4.41. The van der Waals surface area contributed by atoms with Crippen LogP contribution >= 0.6 is 11.6 Å². The van der Waals surface area contributed by atoms with Gasteiger partial charge in [-0.15, -0.1) is 0 Å². The van der Waals surface area contributed by atoms with Gasteiger partial charge >= 0.3 is 0 Å². The van der Waals surface area contributed by atoms with Crippen LogP contribution in [-0.2, 0) is 5.41 Å². The molecule has 2 aromatic heterocycles. The van der Waals surface area contributed by atoms with E-state index >= 15 is 0 Å². The summed E-state index contributed by atoms with van der Waals surface area (Å²) in [6.45, 7) is 0. The number of nitrogens with zero attached hydrogens (tertiary/aromatic N) is 3. The van der Waals surface area contributed by atoms with Crippen LogP contribution in [0.15, 0.2) is 12.3 Å². The van der Waals surface area contributed by atoms with Crippen molar-refractivity contribution in [2.45, 2.75) is 24.7 Å². The van der Waals surface area contributed by atoms with Crippen LogP contribution in [0.25, 0.3) is 10.9 Å². The third kappa shape index (κ3) is 0.985. The van der Waals surface area contributed by atoms with Gasteiger partial charge < -0.3 is 0 Å². The summed E-state index contributed by atoms with van der Waals surface area (Å²) in [5, 5.41) is 17.9. The number of aromatic amines is 1. The smallest absolute Gasteiger partial charge is 0.131 e. The number of fused-ring (bicyclic) bond motifs is 1. The Morgan fingerprint density at radius 3 is 2.88 bits per heavy atom. The maximum Gasteiger partial charge on any atom is 0.131 e. The number of nitriles is 1. The maximum absolute atomic E-state index is 9.04. The Morgan fingerprint density at radius 1 is 1.41 bits per heavy atom. The normalized spacial score (nSPS) is 33.9. The average Bonchev–Trinajstić information content (AvgIpc) is 2.58. The molecular formula is C12H9ClN4. The van der Waals surface area contributed by atoms with Crippen LogP contribution < -0.4 is 0 Å². The number of pyridine rings is 1. The Kier molecular flexibility index (Phi) is 1.46. The molecule has 3 saturated carbocycles. The van der Waals surface area contributed by atoms with Gasteiger partial charge in [-0.2, -0.15) is 10.4 Å². The van der Waals surface area contributed by atoms with Crippen LogP contribution in [0.1, 0.15) is 25.0 Å². The Hall–Kier alpha value is -1.60. The summed E-state index contributed by atoms with van der Waals surface area (Å²) in [5.74, 6) is 0. The standard InChI is InChI=1S/C12H9ClN4/c13-9-1-8-7(2-15-9)10(17-16-8)12-3-11(4-12,5-12)6-14/h1-2H,3-5H2,(H,16,17). The van der Waals surface area contributed by atoms with Crippen LogP contribution in [0, 0.1) is 16.7 Å². The highest BCUT2D eigenvalue weighted by molar-refractivity contribution is 6.30. The molecule has 3 aliphatic carbocycles. The molecule has 0 spiro atoms. The van der Waals surface area contributed by atoms with Gasteiger partial charge in [-0.1, -0.05) is 11.6 Å². The molecule has 2 heterocycles. The lowest BCUT2D eigenvalue weighted by Gasteiger charge is -2.66. The molecule has 0 saturated heterocycles. The summed E-state index contributed by atoms with van der Waals surface area (Å²) in [7, 11) is 0. The molecule has 0 radical (unpaired) electrons. The number of hydrogen-bond donors (Lipinski definition) is 1. The Bertz CT molecular complexity index is 662. The summed E-state index contributed by atoms with van der Waals surface area (Å²) >= 11 is 5.84. The predicted octanol–water partition coefficient (Wildman–Crippen LogP) is 2.56. The second kappa shape index (κ2) is 2.62. The van der Waals surface area contributed by atoms with Crippen molar-refractivity contribution in [3.8, 4) is 6.07 Å². The minimum Gasteiger partial charge on any atom is -0.281 e. The number of halogens is 1. The second-order valence-corrected chi connectivity index (χ2v) is 5.71. The molecule has 0 amide bonds. The van der Waals surface area contributed by atoms with E-state index in [1.54, 1.807) is 12.3 Å². The number of hydrogen-bond acceptors (Lipinski definition) is 3. The van der Waals surface area contributed by atoms with Gasteiger partial charge in [0.25, 0.3) is 0 Å². The Labute approximate surface area is 103 Å². The molecule has 5 heteroatoms. The zero-order valence-electron chi connectivity index (χ0n) is 9.00. The monoisotopic (exact) mass is 244 g/mol. The lowest BCUT2D eigenvalue weighted by atomic mass is 9.34. The SMILES string of the molecule is N#CC12CC(c3[nH]nc4cc(Cl)ncc34)(C1)C2. The highest BCUT2D eigenvalue weighted by atomic mass is 35.5. The quantitative estimate of drug-likeness (QED) is 0.784. The molecule has 84 valence electrons. The van der Waals surface area contributed by atoms with E-state index in [2.05, 4.69) is 21.3 Å². The Morgan fingerprint density at radius 2 is 2.18 bits per heavy atom. The van der Waals surface area contributed by atoms with Crippen molar-refractivity contribution < 1.29 is 0 Å². The lowest BCUT2D eigenvalue weighted by Crippen LogP contribution is -2.63. The predicted molar refractivity (Wildman–Crippen MR) is 62.5 cm³/mol. The molecule has 0 aliphatic heterocycles. The molecule has 2 aromatic rings. The molecule has 17 heavy (non-hydrogen) atoms. The molecule has 1 N–H and O–H groups in total. The number of aromatic nitrogens is 3. The Balaban J connectivity index is 1.82. The van der Waals surface area contributed by atoms with Gasteiger partial charge in [0.2, 0.25) is 0 Å². The topological polar surface area (TPSA) is 65.4 Å². The van der Waals surface area contributed by atoms with E-state index in [0.29, 0.717) is 5.15 Å². The van der Waals surface area contributed by atoms with Crippen molar-refractivity contribution in [3.63, 3.8) is 0 Å². The fourth-order valence-corrected chi connectivity index (χ4v) is 3.61.